The minimum absolute atomic E-state index is 0.178. The number of carbonyl (C=O) groups excluding carboxylic acids is 1. The van der Waals surface area contributed by atoms with Gasteiger partial charge in [0.1, 0.15) is 5.78 Å². The summed E-state index contributed by atoms with van der Waals surface area (Å²) in [7, 11) is 1.75. The van der Waals surface area contributed by atoms with Gasteiger partial charge in [0.05, 0.1) is 6.54 Å². The van der Waals surface area contributed by atoms with Crippen LogP contribution in [0.25, 0.3) is 0 Å². The molecule has 0 saturated heterocycles. The van der Waals surface area contributed by atoms with Gasteiger partial charge in [0, 0.05) is 0 Å². The summed E-state index contributed by atoms with van der Waals surface area (Å²) in [6, 6.07) is 6.38. The molecule has 1 N–H and O–H groups in total. The van der Waals surface area contributed by atoms with E-state index in [-0.39, 0.29) is 5.78 Å². The first kappa shape index (κ1) is 29.6. The Morgan fingerprint density at radius 1 is 0.962 bits per heavy atom. The molecule has 0 atom stereocenters. The van der Waals surface area contributed by atoms with Gasteiger partial charge in [0.25, 0.3) is 0 Å². The molecule has 0 aliphatic carbocycles. The molecule has 0 aliphatic rings. The normalized spacial score (nSPS) is 9.19. The van der Waals surface area contributed by atoms with Crippen LogP contribution in [0.2, 0.25) is 0 Å². The van der Waals surface area contributed by atoms with Crippen LogP contribution >= 0.6 is 0 Å². The van der Waals surface area contributed by atoms with E-state index in [1.807, 2.05) is 0 Å². The van der Waals surface area contributed by atoms with Crippen LogP contribution in [-0.4, -0.2) is 19.4 Å². The number of aryl methyl sites for hydroxylation is 2. The predicted octanol–water partition coefficient (Wildman–Crippen LogP) is 7.05. The van der Waals surface area contributed by atoms with Gasteiger partial charge in [0.2, 0.25) is 0 Å². The molecule has 0 unspecified atom stereocenters. The highest BCUT2D eigenvalue weighted by Gasteiger charge is 1.92. The summed E-state index contributed by atoms with van der Waals surface area (Å²) in [5, 5.41) is 2.72. The number of carbonyl (C=O) groups is 1. The third-order valence-electron chi connectivity index (χ3n) is 3.94. The number of Topliss-reactive ketones (excluding diaryl/α,β-unsaturated/α-hetero) is 1. The number of hydrogen-bond acceptors (Lipinski definition) is 2. The summed E-state index contributed by atoms with van der Waals surface area (Å²) in [6.45, 7) is 19.6. The number of hydrogen-bond donors (Lipinski definition) is 1. The summed E-state index contributed by atoms with van der Waals surface area (Å²) >= 11 is 0. The van der Waals surface area contributed by atoms with Gasteiger partial charge >= 0.3 is 0 Å². The summed E-state index contributed by atoms with van der Waals surface area (Å²) in [5.41, 5.74) is 4.18. The molecular weight excluding hydrogens is 318 g/mol. The maximum Gasteiger partial charge on any atom is 0.143 e. The van der Waals surface area contributed by atoms with Crippen molar-refractivity contribution in [3.8, 4) is 0 Å². The molecule has 0 saturated carbocycles. The van der Waals surface area contributed by atoms with Crippen molar-refractivity contribution in [2.75, 3.05) is 13.6 Å². The highest BCUT2D eigenvalue weighted by Crippen LogP contribution is 2.10. The van der Waals surface area contributed by atoms with Crippen molar-refractivity contribution in [3.05, 3.63) is 34.9 Å². The van der Waals surface area contributed by atoms with Crippen molar-refractivity contribution >= 4 is 5.78 Å². The fraction of sp³-hybridized carbons (Fsp3) is 0.708. The van der Waals surface area contributed by atoms with Crippen molar-refractivity contribution in [2.45, 2.75) is 94.4 Å². The topological polar surface area (TPSA) is 29.1 Å². The minimum Gasteiger partial charge on any atom is -0.313 e. The average Bonchev–Trinajstić information content (AvgIpc) is 2.59. The molecule has 1 rings (SSSR count). The van der Waals surface area contributed by atoms with E-state index in [2.05, 4.69) is 78.9 Å². The van der Waals surface area contributed by atoms with Crippen molar-refractivity contribution in [3.63, 3.8) is 0 Å². The Balaban J connectivity index is -0.000000283. The van der Waals surface area contributed by atoms with Gasteiger partial charge in [0.15, 0.2) is 0 Å². The van der Waals surface area contributed by atoms with Crippen molar-refractivity contribution in [2.24, 2.45) is 5.92 Å². The quantitative estimate of drug-likeness (QED) is 0.585. The zero-order valence-electron chi connectivity index (χ0n) is 19.5. The van der Waals surface area contributed by atoms with Crippen LogP contribution in [0.4, 0.5) is 0 Å². The van der Waals surface area contributed by atoms with Crippen LogP contribution in [-0.2, 0) is 4.79 Å². The lowest BCUT2D eigenvalue weighted by atomic mass is 10.1. The van der Waals surface area contributed by atoms with Crippen LogP contribution in [0.5, 0.6) is 0 Å². The Morgan fingerprint density at radius 3 is 1.58 bits per heavy atom. The van der Waals surface area contributed by atoms with Crippen LogP contribution in [0.3, 0.4) is 0 Å². The first-order valence-electron chi connectivity index (χ1n) is 10.3. The molecule has 0 heterocycles. The fourth-order valence-electron chi connectivity index (χ4n) is 1.76. The van der Waals surface area contributed by atoms with E-state index in [9.17, 15) is 4.79 Å². The molecular formula is C24H47NO. The van der Waals surface area contributed by atoms with E-state index < -0.39 is 0 Å². The van der Waals surface area contributed by atoms with E-state index in [1.165, 1.54) is 48.8 Å². The van der Waals surface area contributed by atoms with Gasteiger partial charge in [-0.05, 0) is 57.4 Å². The van der Waals surface area contributed by atoms with E-state index in [4.69, 9.17) is 0 Å². The summed E-state index contributed by atoms with van der Waals surface area (Å²) in [4.78, 5) is 9.98. The van der Waals surface area contributed by atoms with Gasteiger partial charge < -0.3 is 5.32 Å². The van der Waals surface area contributed by atoms with Crippen molar-refractivity contribution in [1.82, 2.24) is 5.32 Å². The molecule has 0 aliphatic heterocycles. The highest BCUT2D eigenvalue weighted by molar-refractivity contribution is 5.77. The zero-order chi connectivity index (χ0) is 21.0. The standard InChI is InChI=1S/C9H12.C7H16.C4H9NO.C4H10/c1-7-5-4-6-8(2)9(7)3;1-4-5-6-7(2)3;1-4(6)3-5-2;1-3-4-2/h4-6H,1-3H3;7H,4-6H2,1-3H3;5H,3H2,1-2H3;3-4H2,1-2H3. The lowest BCUT2D eigenvalue weighted by Gasteiger charge is -2.00. The van der Waals surface area contributed by atoms with Crippen LogP contribution in [0, 0.1) is 26.7 Å². The molecule has 0 fully saturated rings. The number of rotatable bonds is 6. The maximum absolute atomic E-state index is 9.98. The van der Waals surface area contributed by atoms with Gasteiger partial charge in [-0.1, -0.05) is 84.9 Å². The molecule has 154 valence electrons. The second-order valence-corrected chi connectivity index (χ2v) is 7.29. The predicted molar refractivity (Wildman–Crippen MR) is 120 cm³/mol. The average molecular weight is 366 g/mol. The Bertz CT molecular complexity index is 402. The van der Waals surface area contributed by atoms with Crippen molar-refractivity contribution in [1.29, 1.82) is 0 Å². The van der Waals surface area contributed by atoms with Gasteiger partial charge in [-0.2, -0.15) is 0 Å². The monoisotopic (exact) mass is 365 g/mol. The highest BCUT2D eigenvalue weighted by atomic mass is 16.1. The van der Waals surface area contributed by atoms with Crippen LogP contribution < -0.4 is 5.32 Å². The van der Waals surface area contributed by atoms with Crippen LogP contribution in [0.15, 0.2) is 18.2 Å². The SMILES string of the molecule is CCCC.CCCCC(C)C.CNCC(C)=O.Cc1cccc(C)c1C. The number of likely N-dealkylation sites (N-methyl/N-ethyl adjacent to an activating group) is 1. The van der Waals surface area contributed by atoms with Crippen LogP contribution in [0.1, 0.15) is 90.3 Å². The van der Waals surface area contributed by atoms with Gasteiger partial charge in [-0.15, -0.1) is 0 Å². The minimum atomic E-state index is 0.178. The van der Waals surface area contributed by atoms with E-state index in [0.29, 0.717) is 6.54 Å². The largest absolute Gasteiger partial charge is 0.313 e. The number of nitrogens with one attached hydrogen (secondary N) is 1. The molecule has 2 nitrogen and oxygen atoms in total. The summed E-state index contributed by atoms with van der Waals surface area (Å²) < 4.78 is 0. The first-order valence-corrected chi connectivity index (χ1v) is 10.3. The van der Waals surface area contributed by atoms with Crippen molar-refractivity contribution < 1.29 is 4.79 Å². The zero-order valence-corrected chi connectivity index (χ0v) is 19.5. The number of benzene rings is 1. The molecule has 0 radical (unpaired) electrons. The molecule has 0 aromatic heterocycles. The van der Waals surface area contributed by atoms with E-state index in [0.717, 1.165) is 5.92 Å². The van der Waals surface area contributed by atoms with E-state index in [1.54, 1.807) is 14.0 Å². The third kappa shape index (κ3) is 25.1. The second-order valence-electron chi connectivity index (χ2n) is 7.29. The number of unbranched alkanes of at least 4 members (excludes halogenated alkanes) is 2. The maximum atomic E-state index is 9.98. The smallest absolute Gasteiger partial charge is 0.143 e. The second kappa shape index (κ2) is 21.9. The lowest BCUT2D eigenvalue weighted by Crippen LogP contribution is -2.14. The van der Waals surface area contributed by atoms with Gasteiger partial charge in [-0.3, -0.25) is 4.79 Å². The fourth-order valence-corrected chi connectivity index (χ4v) is 1.76. The molecule has 26 heavy (non-hydrogen) atoms. The first-order chi connectivity index (χ1) is 12.2. The Hall–Kier alpha value is -1.15. The van der Waals surface area contributed by atoms with E-state index >= 15 is 0 Å². The van der Waals surface area contributed by atoms with Gasteiger partial charge in [-0.25, -0.2) is 0 Å². The molecule has 0 bridgehead atoms. The number of ketones is 1. The Morgan fingerprint density at radius 2 is 1.42 bits per heavy atom. The molecule has 0 spiro atoms. The lowest BCUT2D eigenvalue weighted by molar-refractivity contribution is -0.116. The summed E-state index contributed by atoms with van der Waals surface area (Å²) in [6.07, 6.45) is 6.78. The Kier molecular flexibility index (Phi) is 24.9. The molecule has 0 amide bonds. The third-order valence-corrected chi connectivity index (χ3v) is 3.94. The molecule has 1 aromatic rings. The molecule has 1 aromatic carbocycles. The summed E-state index contributed by atoms with van der Waals surface area (Å²) in [5.74, 6) is 1.08. The molecule has 2 heteroatoms. The Labute approximate surface area is 165 Å².